The van der Waals surface area contributed by atoms with Gasteiger partial charge in [-0.3, -0.25) is 9.59 Å². The molecular weight excluding hydrogens is 370 g/mol. The number of benzene rings is 1. The molecule has 0 aliphatic rings. The van der Waals surface area contributed by atoms with Crippen LogP contribution in [0.15, 0.2) is 29.1 Å². The summed E-state index contributed by atoms with van der Waals surface area (Å²) in [5.41, 5.74) is 2.96. The Morgan fingerprint density at radius 1 is 1.10 bits per heavy atom. The average Bonchev–Trinajstić information content (AvgIpc) is 2.62. The summed E-state index contributed by atoms with van der Waals surface area (Å²) >= 11 is 0. The molecule has 0 aliphatic heterocycles. The second-order valence-corrected chi connectivity index (χ2v) is 7.05. The lowest BCUT2D eigenvalue weighted by molar-refractivity contribution is -0.116. The maximum atomic E-state index is 12.3. The predicted molar refractivity (Wildman–Crippen MR) is 112 cm³/mol. The van der Waals surface area contributed by atoms with E-state index in [1.54, 1.807) is 38.1 Å². The molecular formula is C21H25N5O3. The highest BCUT2D eigenvalue weighted by Crippen LogP contribution is 2.17. The minimum absolute atomic E-state index is 0.0347. The van der Waals surface area contributed by atoms with Crippen molar-refractivity contribution >= 4 is 23.3 Å². The lowest BCUT2D eigenvalue weighted by Crippen LogP contribution is -2.34. The second kappa shape index (κ2) is 9.55. The van der Waals surface area contributed by atoms with Crippen molar-refractivity contribution in [3.8, 4) is 6.07 Å². The van der Waals surface area contributed by atoms with Crippen molar-refractivity contribution in [2.75, 3.05) is 10.6 Å². The average molecular weight is 395 g/mol. The second-order valence-electron chi connectivity index (χ2n) is 7.05. The molecule has 4 N–H and O–H groups in total. The number of nitriles is 1. The number of anilines is 2. The van der Waals surface area contributed by atoms with Crippen molar-refractivity contribution in [3.05, 3.63) is 57.0 Å². The van der Waals surface area contributed by atoms with Crippen LogP contribution < -0.4 is 21.5 Å². The first-order valence-electron chi connectivity index (χ1n) is 9.31. The largest absolute Gasteiger partial charge is 0.336 e. The molecule has 0 radical (unpaired) electrons. The molecule has 0 bridgehead atoms. The fourth-order valence-corrected chi connectivity index (χ4v) is 2.95. The van der Waals surface area contributed by atoms with Crippen molar-refractivity contribution in [2.24, 2.45) is 0 Å². The molecule has 3 amide bonds. The zero-order chi connectivity index (χ0) is 21.6. The third-order valence-corrected chi connectivity index (χ3v) is 4.37. The Kier molecular flexibility index (Phi) is 7.15. The number of hydrogen-bond donors (Lipinski definition) is 4. The Hall–Kier alpha value is -3.60. The molecule has 0 saturated heterocycles. The van der Waals surface area contributed by atoms with Crippen LogP contribution in [0.4, 0.5) is 16.2 Å². The minimum atomic E-state index is -0.411. The minimum Gasteiger partial charge on any atom is -0.336 e. The fourth-order valence-electron chi connectivity index (χ4n) is 2.95. The van der Waals surface area contributed by atoms with Crippen molar-refractivity contribution in [1.82, 2.24) is 10.3 Å². The highest BCUT2D eigenvalue weighted by molar-refractivity contribution is 5.92. The first-order valence-corrected chi connectivity index (χ1v) is 9.31. The number of carbonyl (C=O) groups is 2. The zero-order valence-electron chi connectivity index (χ0n) is 17.0. The van der Waals surface area contributed by atoms with E-state index < -0.39 is 5.56 Å². The van der Waals surface area contributed by atoms with Gasteiger partial charge in [0.15, 0.2) is 0 Å². The van der Waals surface area contributed by atoms with Crippen LogP contribution >= 0.6 is 0 Å². The fraction of sp³-hybridized carbons (Fsp3) is 0.333. The lowest BCUT2D eigenvalue weighted by atomic mass is 9.99. The van der Waals surface area contributed by atoms with Crippen molar-refractivity contribution < 1.29 is 9.59 Å². The predicted octanol–water partition coefficient (Wildman–Crippen LogP) is 2.96. The smallest absolute Gasteiger partial charge is 0.319 e. The van der Waals surface area contributed by atoms with Gasteiger partial charge in [-0.05, 0) is 69.5 Å². The Labute approximate surface area is 169 Å². The third-order valence-electron chi connectivity index (χ3n) is 4.37. The Morgan fingerprint density at radius 3 is 2.24 bits per heavy atom. The summed E-state index contributed by atoms with van der Waals surface area (Å²) in [6.45, 7) is 7.21. The van der Waals surface area contributed by atoms with E-state index in [9.17, 15) is 14.4 Å². The van der Waals surface area contributed by atoms with Crippen LogP contribution in [0.1, 0.15) is 42.7 Å². The summed E-state index contributed by atoms with van der Waals surface area (Å²) in [6, 6.07) is 8.45. The number of aromatic amines is 1. The quantitative estimate of drug-likeness (QED) is 0.599. The summed E-state index contributed by atoms with van der Waals surface area (Å²) in [6.07, 6.45) is 0.610. The molecule has 1 aromatic carbocycles. The highest BCUT2D eigenvalue weighted by atomic mass is 16.2. The van der Waals surface area contributed by atoms with Gasteiger partial charge < -0.3 is 20.9 Å². The van der Waals surface area contributed by atoms with Gasteiger partial charge in [-0.1, -0.05) is 0 Å². The van der Waals surface area contributed by atoms with Crippen molar-refractivity contribution in [3.63, 3.8) is 0 Å². The number of urea groups is 1. The molecule has 1 aromatic heterocycles. The van der Waals surface area contributed by atoms with E-state index in [1.165, 1.54) is 0 Å². The Bertz CT molecular complexity index is 1000. The van der Waals surface area contributed by atoms with E-state index in [4.69, 9.17) is 5.26 Å². The van der Waals surface area contributed by atoms with E-state index >= 15 is 0 Å². The van der Waals surface area contributed by atoms with Gasteiger partial charge >= 0.3 is 6.03 Å². The lowest BCUT2D eigenvalue weighted by Gasteiger charge is -2.12. The standard InChI is InChI=1S/C21H25N5O3/c1-12(2)23-21(29)26-16-7-5-15(6-8-16)25-19(27)10-9-17-13(3)18(11-22)20(28)24-14(17)4/h5-8,12H,9-10H2,1-4H3,(H,24,28)(H,25,27)(H2,23,26,29). The molecule has 1 heterocycles. The number of carbonyl (C=O) groups excluding carboxylic acids is 2. The van der Waals surface area contributed by atoms with E-state index in [0.717, 1.165) is 5.56 Å². The topological polar surface area (TPSA) is 127 Å². The Morgan fingerprint density at radius 2 is 1.69 bits per heavy atom. The van der Waals surface area contributed by atoms with Gasteiger partial charge in [0.1, 0.15) is 11.6 Å². The van der Waals surface area contributed by atoms with Crippen LogP contribution in [-0.4, -0.2) is 23.0 Å². The molecule has 0 atom stereocenters. The number of aromatic nitrogens is 1. The molecule has 0 fully saturated rings. The highest BCUT2D eigenvalue weighted by Gasteiger charge is 2.13. The normalized spacial score (nSPS) is 10.3. The summed E-state index contributed by atoms with van der Waals surface area (Å²) in [5, 5.41) is 17.4. The van der Waals surface area contributed by atoms with Gasteiger partial charge in [0.2, 0.25) is 5.91 Å². The number of nitrogens with zero attached hydrogens (tertiary/aromatic N) is 1. The van der Waals surface area contributed by atoms with Gasteiger partial charge in [-0.2, -0.15) is 5.26 Å². The molecule has 29 heavy (non-hydrogen) atoms. The van der Waals surface area contributed by atoms with E-state index in [0.29, 0.717) is 29.1 Å². The molecule has 8 heteroatoms. The third kappa shape index (κ3) is 5.94. The number of pyridine rings is 1. The molecule has 0 saturated carbocycles. The van der Waals surface area contributed by atoms with Crippen LogP contribution in [0, 0.1) is 25.2 Å². The molecule has 0 unspecified atom stereocenters. The number of H-pyrrole nitrogens is 1. The van der Waals surface area contributed by atoms with Crippen LogP contribution in [0.3, 0.4) is 0 Å². The van der Waals surface area contributed by atoms with Crippen LogP contribution in [-0.2, 0) is 11.2 Å². The first kappa shape index (κ1) is 21.7. The van der Waals surface area contributed by atoms with Gasteiger partial charge in [0, 0.05) is 29.5 Å². The van der Waals surface area contributed by atoms with Crippen molar-refractivity contribution in [2.45, 2.75) is 46.6 Å². The van der Waals surface area contributed by atoms with E-state index in [-0.39, 0.29) is 30.0 Å². The summed E-state index contributed by atoms with van der Waals surface area (Å²) < 4.78 is 0. The summed E-state index contributed by atoms with van der Waals surface area (Å²) in [4.78, 5) is 38.4. The molecule has 2 rings (SSSR count). The monoisotopic (exact) mass is 395 g/mol. The number of hydrogen-bond acceptors (Lipinski definition) is 4. The Balaban J connectivity index is 1.96. The van der Waals surface area contributed by atoms with Gasteiger partial charge in [0.05, 0.1) is 0 Å². The molecule has 0 aliphatic carbocycles. The molecule has 152 valence electrons. The number of aryl methyl sites for hydroxylation is 1. The van der Waals surface area contributed by atoms with Gasteiger partial charge in [-0.15, -0.1) is 0 Å². The van der Waals surface area contributed by atoms with E-state index in [1.807, 2.05) is 19.9 Å². The first-order chi connectivity index (χ1) is 13.7. The van der Waals surface area contributed by atoms with Gasteiger partial charge in [0.25, 0.3) is 5.56 Å². The summed E-state index contributed by atoms with van der Waals surface area (Å²) in [7, 11) is 0. The SMILES string of the molecule is Cc1[nH]c(=O)c(C#N)c(C)c1CCC(=O)Nc1ccc(NC(=O)NC(C)C)cc1. The molecule has 0 spiro atoms. The van der Waals surface area contributed by atoms with Crippen LogP contribution in [0.5, 0.6) is 0 Å². The molecule has 2 aromatic rings. The van der Waals surface area contributed by atoms with Crippen LogP contribution in [0.2, 0.25) is 0 Å². The maximum absolute atomic E-state index is 12.3. The number of rotatable bonds is 6. The maximum Gasteiger partial charge on any atom is 0.319 e. The van der Waals surface area contributed by atoms with E-state index in [2.05, 4.69) is 20.9 Å². The number of nitrogens with one attached hydrogen (secondary N) is 4. The van der Waals surface area contributed by atoms with Crippen LogP contribution in [0.25, 0.3) is 0 Å². The molecule has 8 nitrogen and oxygen atoms in total. The zero-order valence-corrected chi connectivity index (χ0v) is 17.0. The summed E-state index contributed by atoms with van der Waals surface area (Å²) in [5.74, 6) is -0.188. The van der Waals surface area contributed by atoms with Crippen molar-refractivity contribution in [1.29, 1.82) is 5.26 Å². The van der Waals surface area contributed by atoms with Gasteiger partial charge in [-0.25, -0.2) is 4.79 Å². The number of amides is 3.